The maximum atomic E-state index is 12.0. The summed E-state index contributed by atoms with van der Waals surface area (Å²) in [7, 11) is 3.91. The number of ketones is 1. The molecule has 208 valence electrons. The molecule has 8 heteroatoms. The minimum atomic E-state index is -0.868. The highest BCUT2D eigenvalue weighted by molar-refractivity contribution is 7.12. The standard InChI is InChI=1S/C18H21NO3.C14H12O3S/c1-19-8-7-18-11-4-5-13(20)17(18)22-16-14(21-2)6-3-10(15(16)18)9-12(11)19;1-9(14(16)17)10-4-6-11(7-5-10)13(15)12-3-2-8-18-12/h3-6,11-13,17,20H,7-9H2,1-2H3;2-9H,1H3,(H,16,17)/t11-,12+,13-,17-,18-;/m0./s1. The van der Waals surface area contributed by atoms with Crippen molar-refractivity contribution >= 4 is 23.1 Å². The Morgan fingerprint density at radius 3 is 2.60 bits per heavy atom. The predicted octanol–water partition coefficient (Wildman–Crippen LogP) is 4.67. The topological polar surface area (TPSA) is 96.3 Å². The highest BCUT2D eigenvalue weighted by Gasteiger charge is 2.64. The minimum Gasteiger partial charge on any atom is -0.493 e. The lowest BCUT2D eigenvalue weighted by molar-refractivity contribution is -0.138. The van der Waals surface area contributed by atoms with Crippen molar-refractivity contribution in [2.45, 2.75) is 49.3 Å². The molecule has 2 aliphatic heterocycles. The Kier molecular flexibility index (Phi) is 6.81. The summed E-state index contributed by atoms with van der Waals surface area (Å²) in [5.41, 5.74) is 3.88. The van der Waals surface area contributed by atoms with E-state index in [2.05, 4.69) is 24.1 Å². The quantitative estimate of drug-likeness (QED) is 0.347. The lowest BCUT2D eigenvalue weighted by atomic mass is 9.53. The van der Waals surface area contributed by atoms with E-state index in [-0.39, 0.29) is 17.3 Å². The van der Waals surface area contributed by atoms with E-state index in [1.165, 1.54) is 22.5 Å². The molecule has 1 unspecified atom stereocenters. The van der Waals surface area contributed by atoms with Crippen molar-refractivity contribution in [3.8, 4) is 11.5 Å². The Balaban J connectivity index is 0.000000148. The molecule has 2 bridgehead atoms. The largest absolute Gasteiger partial charge is 0.493 e. The number of carboxylic acid groups (broad SMARTS) is 1. The third-order valence-corrected chi connectivity index (χ3v) is 10.0. The maximum Gasteiger partial charge on any atom is 0.310 e. The van der Waals surface area contributed by atoms with Gasteiger partial charge in [0.05, 0.1) is 17.9 Å². The zero-order valence-corrected chi connectivity index (χ0v) is 23.6. The number of likely N-dealkylation sites (N-methyl/N-ethyl adjacent to an activating group) is 1. The van der Waals surface area contributed by atoms with Crippen molar-refractivity contribution in [3.05, 3.63) is 93.2 Å². The Hall–Kier alpha value is -3.46. The van der Waals surface area contributed by atoms with Gasteiger partial charge < -0.3 is 24.6 Å². The van der Waals surface area contributed by atoms with Crippen LogP contribution in [0.15, 0.2) is 66.1 Å². The zero-order chi connectivity index (χ0) is 28.2. The number of hydrogen-bond acceptors (Lipinski definition) is 7. The number of methoxy groups -OCH3 is 1. The first kappa shape index (κ1) is 26.7. The summed E-state index contributed by atoms with van der Waals surface area (Å²) in [6, 6.07) is 15.1. The molecule has 1 fully saturated rings. The lowest BCUT2D eigenvalue weighted by Crippen LogP contribution is -2.64. The molecular weight excluding hydrogens is 526 g/mol. The fraction of sp³-hybridized carbons (Fsp3) is 0.375. The number of aliphatic hydroxyl groups excluding tert-OH is 1. The summed E-state index contributed by atoms with van der Waals surface area (Å²) < 4.78 is 11.8. The van der Waals surface area contributed by atoms with Gasteiger partial charge in [-0.15, -0.1) is 11.3 Å². The number of hydrogen-bond donors (Lipinski definition) is 2. The van der Waals surface area contributed by atoms with E-state index < -0.39 is 18.0 Å². The summed E-state index contributed by atoms with van der Waals surface area (Å²) in [5, 5.41) is 21.3. The highest BCUT2D eigenvalue weighted by Crippen LogP contribution is 2.62. The second-order valence-corrected chi connectivity index (χ2v) is 12.0. The fourth-order valence-electron chi connectivity index (χ4n) is 7.00. The molecule has 7 rings (SSSR count). The lowest BCUT2D eigenvalue weighted by Gasteiger charge is -2.56. The van der Waals surface area contributed by atoms with Gasteiger partial charge in [-0.2, -0.15) is 0 Å². The summed E-state index contributed by atoms with van der Waals surface area (Å²) in [6.45, 7) is 2.68. The summed E-state index contributed by atoms with van der Waals surface area (Å²) in [5.74, 6) is 0.634. The van der Waals surface area contributed by atoms with Gasteiger partial charge in [0.2, 0.25) is 5.78 Å². The predicted molar refractivity (Wildman–Crippen MR) is 153 cm³/mol. The van der Waals surface area contributed by atoms with E-state index in [0.29, 0.717) is 28.0 Å². The molecule has 3 heterocycles. The van der Waals surface area contributed by atoms with Gasteiger partial charge in [0.15, 0.2) is 11.5 Å². The van der Waals surface area contributed by atoms with Gasteiger partial charge in [-0.1, -0.05) is 48.6 Å². The van der Waals surface area contributed by atoms with Crippen LogP contribution in [0.5, 0.6) is 11.5 Å². The van der Waals surface area contributed by atoms with Crippen LogP contribution in [0.1, 0.15) is 51.2 Å². The van der Waals surface area contributed by atoms with Crippen molar-refractivity contribution in [3.63, 3.8) is 0 Å². The van der Waals surface area contributed by atoms with Gasteiger partial charge in [-0.05, 0) is 62.0 Å². The van der Waals surface area contributed by atoms with Gasteiger partial charge in [-0.3, -0.25) is 9.59 Å². The summed E-state index contributed by atoms with van der Waals surface area (Å²) in [6.07, 6.45) is 5.54. The Morgan fingerprint density at radius 1 is 1.15 bits per heavy atom. The van der Waals surface area contributed by atoms with E-state index in [1.54, 1.807) is 44.4 Å². The first-order valence-corrected chi connectivity index (χ1v) is 14.5. The van der Waals surface area contributed by atoms with Crippen LogP contribution in [0.2, 0.25) is 0 Å². The number of carbonyl (C=O) groups excluding carboxylic acids is 1. The number of nitrogens with zero attached hydrogens (tertiary/aromatic N) is 1. The summed E-state index contributed by atoms with van der Waals surface area (Å²) in [4.78, 5) is 26.0. The first-order chi connectivity index (χ1) is 19.3. The molecule has 2 N–H and O–H groups in total. The second kappa shape index (κ2) is 10.2. The molecule has 1 saturated heterocycles. The van der Waals surface area contributed by atoms with Crippen LogP contribution in [0, 0.1) is 5.92 Å². The first-order valence-electron chi connectivity index (χ1n) is 13.6. The van der Waals surface area contributed by atoms with Gasteiger partial charge in [0.1, 0.15) is 12.2 Å². The third kappa shape index (κ3) is 4.08. The van der Waals surface area contributed by atoms with E-state index in [0.717, 1.165) is 30.9 Å². The van der Waals surface area contributed by atoms with Crippen molar-refractivity contribution < 1.29 is 29.3 Å². The molecule has 0 amide bonds. The molecule has 7 nitrogen and oxygen atoms in total. The molecule has 3 aromatic rings. The van der Waals surface area contributed by atoms with Crippen molar-refractivity contribution in [1.82, 2.24) is 4.90 Å². The average Bonchev–Trinajstić information content (AvgIpc) is 3.62. The number of thiophene rings is 1. The molecule has 2 aromatic carbocycles. The Morgan fingerprint density at radius 2 is 1.93 bits per heavy atom. The molecule has 1 aromatic heterocycles. The maximum absolute atomic E-state index is 12.0. The number of aliphatic carboxylic acids is 1. The number of likely N-dealkylation sites (tertiary alicyclic amines) is 1. The normalized spacial score (nSPS) is 28.0. The molecule has 2 aliphatic carbocycles. The third-order valence-electron chi connectivity index (χ3n) is 9.14. The number of rotatable bonds is 5. The monoisotopic (exact) mass is 559 g/mol. The van der Waals surface area contributed by atoms with Gasteiger partial charge in [-0.25, -0.2) is 0 Å². The van der Waals surface area contributed by atoms with Crippen LogP contribution in [0.3, 0.4) is 0 Å². The van der Waals surface area contributed by atoms with Crippen LogP contribution in [0.25, 0.3) is 0 Å². The summed E-state index contributed by atoms with van der Waals surface area (Å²) >= 11 is 1.40. The molecule has 40 heavy (non-hydrogen) atoms. The zero-order valence-electron chi connectivity index (χ0n) is 22.7. The van der Waals surface area contributed by atoms with Crippen LogP contribution in [0.4, 0.5) is 0 Å². The van der Waals surface area contributed by atoms with E-state index in [4.69, 9.17) is 14.6 Å². The second-order valence-electron chi connectivity index (χ2n) is 11.1. The van der Waals surface area contributed by atoms with Crippen molar-refractivity contribution in [2.24, 2.45) is 5.92 Å². The number of carboxylic acids is 1. The number of piperidine rings is 1. The van der Waals surface area contributed by atoms with Gasteiger partial charge in [0, 0.05) is 28.5 Å². The fourth-order valence-corrected chi connectivity index (χ4v) is 7.69. The Bertz CT molecular complexity index is 1470. The van der Waals surface area contributed by atoms with Crippen LogP contribution < -0.4 is 9.47 Å². The SMILES string of the molecule is CC(C(=O)O)c1ccc(C(=O)c2cccs2)cc1.COc1ccc2c3c1O[C@H]1[C@@H](O)C=C[C@H]4[C@@H](C2)N(C)CC[C@@]341. The smallest absolute Gasteiger partial charge is 0.310 e. The van der Waals surface area contributed by atoms with E-state index in [9.17, 15) is 14.7 Å². The number of carbonyl (C=O) groups is 2. The number of ether oxygens (including phenoxy) is 2. The van der Waals surface area contributed by atoms with E-state index >= 15 is 0 Å². The van der Waals surface area contributed by atoms with E-state index in [1.807, 2.05) is 23.6 Å². The van der Waals surface area contributed by atoms with Crippen molar-refractivity contribution in [1.29, 1.82) is 0 Å². The van der Waals surface area contributed by atoms with Crippen LogP contribution in [-0.4, -0.2) is 65.8 Å². The van der Waals surface area contributed by atoms with Crippen LogP contribution in [-0.2, 0) is 16.6 Å². The molecule has 1 spiro atoms. The van der Waals surface area contributed by atoms with Crippen molar-refractivity contribution in [2.75, 3.05) is 20.7 Å². The average molecular weight is 560 g/mol. The Labute approximate surface area is 237 Å². The number of benzene rings is 2. The van der Waals surface area contributed by atoms with Crippen LogP contribution >= 0.6 is 11.3 Å². The molecule has 0 saturated carbocycles. The molecule has 4 aliphatic rings. The number of aliphatic hydroxyl groups is 1. The highest BCUT2D eigenvalue weighted by atomic mass is 32.1. The molecular formula is C32H33NO6S. The minimum absolute atomic E-state index is 0.0282. The van der Waals surface area contributed by atoms with Gasteiger partial charge in [0.25, 0.3) is 0 Å². The molecule has 6 atom stereocenters. The molecule has 0 radical (unpaired) electrons. The van der Waals surface area contributed by atoms with Gasteiger partial charge >= 0.3 is 5.97 Å².